The van der Waals surface area contributed by atoms with E-state index < -0.39 is 5.91 Å². The van der Waals surface area contributed by atoms with Gasteiger partial charge in [0.15, 0.2) is 0 Å². The van der Waals surface area contributed by atoms with Crippen molar-refractivity contribution in [3.8, 4) is 0 Å². The monoisotopic (exact) mass is 206 g/mol. The summed E-state index contributed by atoms with van der Waals surface area (Å²) < 4.78 is 0. The average molecular weight is 206 g/mol. The van der Waals surface area contributed by atoms with Crippen LogP contribution in [0.4, 0.5) is 5.69 Å². The molecule has 1 amide bonds. The molecule has 5 nitrogen and oxygen atoms in total. The number of nitrogens with two attached hydrogens (primary N) is 1. The van der Waals surface area contributed by atoms with Crippen molar-refractivity contribution in [2.45, 2.75) is 6.92 Å². The summed E-state index contributed by atoms with van der Waals surface area (Å²) in [4.78, 5) is 10.5. The summed E-state index contributed by atoms with van der Waals surface area (Å²) in [5.74, 6) is -0.430. The Kier molecular flexibility index (Phi) is 3.79. The Morgan fingerprint density at radius 2 is 2.00 bits per heavy atom. The lowest BCUT2D eigenvalue weighted by atomic mass is 10.2. The number of benzene rings is 1. The Morgan fingerprint density at radius 3 is 2.53 bits per heavy atom. The summed E-state index contributed by atoms with van der Waals surface area (Å²) in [5, 5.41) is 9.16. The van der Waals surface area contributed by atoms with Crippen LogP contribution in [0.15, 0.2) is 34.6 Å². The number of nitrogens with zero attached hydrogens (tertiary/aromatic N) is 3. The van der Waals surface area contributed by atoms with Gasteiger partial charge in [-0.3, -0.25) is 9.80 Å². The van der Waals surface area contributed by atoms with E-state index in [2.05, 4.69) is 10.3 Å². The maximum atomic E-state index is 10.5. The lowest BCUT2D eigenvalue weighted by Crippen LogP contribution is -2.26. The summed E-state index contributed by atoms with van der Waals surface area (Å²) in [6.07, 6.45) is 0. The van der Waals surface area contributed by atoms with E-state index in [1.807, 2.05) is 31.2 Å². The van der Waals surface area contributed by atoms with Gasteiger partial charge in [-0.05, 0) is 19.1 Å². The fraction of sp³-hybridized carbons (Fsp3) is 0.300. The van der Waals surface area contributed by atoms with Gasteiger partial charge in [0.05, 0.1) is 5.69 Å². The first-order chi connectivity index (χ1) is 7.08. The number of likely N-dealkylation sites (N-methyl/N-ethyl adjacent to an activating group) is 1. The number of amides is 1. The topological polar surface area (TPSA) is 71.1 Å². The molecule has 1 rings (SSSR count). The summed E-state index contributed by atoms with van der Waals surface area (Å²) in [6, 6.07) is 7.61. The molecule has 0 atom stereocenters. The quantitative estimate of drug-likeness (QED) is 0.597. The second-order valence-corrected chi connectivity index (χ2v) is 3.31. The maximum Gasteiger partial charge on any atom is 0.238 e. The highest BCUT2D eigenvalue weighted by Gasteiger charge is 1.98. The van der Waals surface area contributed by atoms with Crippen molar-refractivity contribution in [2.24, 2.45) is 16.1 Å². The van der Waals surface area contributed by atoms with Crippen molar-refractivity contribution in [3.63, 3.8) is 0 Å². The fourth-order valence-corrected chi connectivity index (χ4v) is 0.997. The van der Waals surface area contributed by atoms with Gasteiger partial charge in [-0.1, -0.05) is 22.9 Å². The number of carbonyl (C=O) groups excluding carboxylic acids is 1. The molecule has 0 spiro atoms. The summed E-state index contributed by atoms with van der Waals surface area (Å²) in [6.45, 7) is 2.06. The zero-order valence-corrected chi connectivity index (χ0v) is 8.84. The Bertz CT molecular complexity index is 358. The molecule has 2 N–H and O–H groups in total. The molecule has 0 aliphatic carbocycles. The molecule has 15 heavy (non-hydrogen) atoms. The van der Waals surface area contributed by atoms with Gasteiger partial charge in [-0.15, -0.1) is 5.11 Å². The number of hydrogen-bond donors (Lipinski definition) is 1. The van der Waals surface area contributed by atoms with Crippen LogP contribution < -0.4 is 5.73 Å². The van der Waals surface area contributed by atoms with Crippen molar-refractivity contribution >= 4 is 11.6 Å². The average Bonchev–Trinajstić information content (AvgIpc) is 2.16. The molecular weight excluding hydrogens is 192 g/mol. The molecule has 0 aliphatic heterocycles. The molecule has 0 saturated carbocycles. The molecule has 0 aliphatic rings. The Labute approximate surface area is 88.6 Å². The molecule has 0 bridgehead atoms. The highest BCUT2D eigenvalue weighted by molar-refractivity contribution is 5.75. The minimum Gasteiger partial charge on any atom is -0.368 e. The van der Waals surface area contributed by atoms with E-state index in [4.69, 9.17) is 5.73 Å². The van der Waals surface area contributed by atoms with Gasteiger partial charge in [-0.25, -0.2) is 0 Å². The van der Waals surface area contributed by atoms with Crippen LogP contribution in [-0.2, 0) is 4.79 Å². The van der Waals surface area contributed by atoms with Crippen LogP contribution in [0.3, 0.4) is 0 Å². The van der Waals surface area contributed by atoms with Crippen LogP contribution in [0.1, 0.15) is 5.56 Å². The standard InChI is InChI=1S/C10H14N4O/c1-8-3-5-9(6-4-8)12-13-14(2)7-10(11)15/h3-6H,7H2,1-2H3,(H2,11,15). The maximum absolute atomic E-state index is 10.5. The SMILES string of the molecule is Cc1ccc(N=NN(C)CC(N)=O)cc1. The molecule has 0 unspecified atom stereocenters. The van der Waals surface area contributed by atoms with Crippen LogP contribution in [-0.4, -0.2) is 24.5 Å². The summed E-state index contributed by atoms with van der Waals surface area (Å²) >= 11 is 0. The van der Waals surface area contributed by atoms with Gasteiger partial charge >= 0.3 is 0 Å². The van der Waals surface area contributed by atoms with E-state index in [-0.39, 0.29) is 6.54 Å². The first-order valence-electron chi connectivity index (χ1n) is 4.55. The number of rotatable bonds is 4. The molecule has 1 aromatic carbocycles. The van der Waals surface area contributed by atoms with Crippen molar-refractivity contribution in [1.29, 1.82) is 0 Å². The zero-order valence-electron chi connectivity index (χ0n) is 8.84. The second-order valence-electron chi connectivity index (χ2n) is 3.31. The van der Waals surface area contributed by atoms with E-state index in [1.54, 1.807) is 7.05 Å². The number of carbonyl (C=O) groups is 1. The molecule has 0 radical (unpaired) electrons. The van der Waals surface area contributed by atoms with Gasteiger partial charge in [0.1, 0.15) is 6.54 Å². The third kappa shape index (κ3) is 4.21. The van der Waals surface area contributed by atoms with Gasteiger partial charge < -0.3 is 5.73 Å². The molecule has 80 valence electrons. The third-order valence-electron chi connectivity index (χ3n) is 1.73. The molecular formula is C10H14N4O. The Balaban J connectivity index is 2.57. The number of aryl methyl sites for hydroxylation is 1. The smallest absolute Gasteiger partial charge is 0.238 e. The van der Waals surface area contributed by atoms with E-state index in [1.165, 1.54) is 10.6 Å². The molecule has 1 aromatic rings. The highest BCUT2D eigenvalue weighted by atomic mass is 16.1. The minimum atomic E-state index is -0.430. The largest absolute Gasteiger partial charge is 0.368 e. The van der Waals surface area contributed by atoms with Gasteiger partial charge in [-0.2, -0.15) is 0 Å². The predicted octanol–water partition coefficient (Wildman–Crippen LogP) is 1.41. The van der Waals surface area contributed by atoms with Crippen molar-refractivity contribution in [2.75, 3.05) is 13.6 Å². The molecule has 0 saturated heterocycles. The zero-order chi connectivity index (χ0) is 11.3. The van der Waals surface area contributed by atoms with Crippen LogP contribution in [0.2, 0.25) is 0 Å². The van der Waals surface area contributed by atoms with Gasteiger partial charge in [0, 0.05) is 7.05 Å². The van der Waals surface area contributed by atoms with E-state index in [0.717, 1.165) is 5.69 Å². The molecule has 0 heterocycles. The Morgan fingerprint density at radius 1 is 1.40 bits per heavy atom. The predicted molar refractivity (Wildman–Crippen MR) is 57.5 cm³/mol. The normalized spacial score (nSPS) is 10.5. The molecule has 0 aromatic heterocycles. The number of primary amides is 1. The van der Waals surface area contributed by atoms with E-state index in [0.29, 0.717) is 0 Å². The first-order valence-corrected chi connectivity index (χ1v) is 4.55. The summed E-state index contributed by atoms with van der Waals surface area (Å²) in [5.41, 5.74) is 6.91. The van der Waals surface area contributed by atoms with Gasteiger partial charge in [0.2, 0.25) is 5.91 Å². The van der Waals surface area contributed by atoms with Crippen LogP contribution in [0.5, 0.6) is 0 Å². The highest BCUT2D eigenvalue weighted by Crippen LogP contribution is 2.12. The second kappa shape index (κ2) is 5.09. The van der Waals surface area contributed by atoms with Crippen molar-refractivity contribution in [3.05, 3.63) is 29.8 Å². The summed E-state index contributed by atoms with van der Waals surface area (Å²) in [7, 11) is 1.64. The Hall–Kier alpha value is -1.91. The van der Waals surface area contributed by atoms with Gasteiger partial charge in [0.25, 0.3) is 0 Å². The third-order valence-corrected chi connectivity index (χ3v) is 1.73. The first kappa shape index (κ1) is 11.2. The van der Waals surface area contributed by atoms with E-state index >= 15 is 0 Å². The minimum absolute atomic E-state index is 0.0648. The fourth-order valence-electron chi connectivity index (χ4n) is 0.997. The molecule has 0 fully saturated rings. The van der Waals surface area contributed by atoms with Crippen LogP contribution in [0, 0.1) is 6.92 Å². The van der Waals surface area contributed by atoms with Crippen molar-refractivity contribution < 1.29 is 4.79 Å². The van der Waals surface area contributed by atoms with Crippen LogP contribution in [0.25, 0.3) is 0 Å². The lowest BCUT2D eigenvalue weighted by molar-refractivity contribution is -0.118. The van der Waals surface area contributed by atoms with E-state index in [9.17, 15) is 4.79 Å². The van der Waals surface area contributed by atoms with Crippen molar-refractivity contribution in [1.82, 2.24) is 5.01 Å². The van der Waals surface area contributed by atoms with Crippen LogP contribution >= 0.6 is 0 Å². The number of hydrogen-bond acceptors (Lipinski definition) is 3. The molecule has 5 heteroatoms. The lowest BCUT2D eigenvalue weighted by Gasteiger charge is -2.07.